The Labute approximate surface area is 183 Å². The van der Waals surface area contributed by atoms with E-state index in [1.54, 1.807) is 18.2 Å². The van der Waals surface area contributed by atoms with Crippen LogP contribution in [0.4, 0.5) is 10.1 Å². The smallest absolute Gasteiger partial charge is 0.321 e. The summed E-state index contributed by atoms with van der Waals surface area (Å²) in [7, 11) is 0. The van der Waals surface area contributed by atoms with E-state index in [0.717, 1.165) is 17.2 Å². The minimum atomic E-state index is -0.934. The number of aromatic nitrogens is 4. The van der Waals surface area contributed by atoms with E-state index in [-0.39, 0.29) is 11.3 Å². The highest BCUT2D eigenvalue weighted by Crippen LogP contribution is 2.28. The number of rotatable bonds is 4. The number of hydrogen-bond donors (Lipinski definition) is 2. The van der Waals surface area contributed by atoms with Crippen LogP contribution in [0.15, 0.2) is 82.1 Å². The summed E-state index contributed by atoms with van der Waals surface area (Å²) in [6.45, 7) is 0. The molecule has 0 spiro atoms. The zero-order valence-electron chi connectivity index (χ0n) is 16.3. The molecule has 3 heterocycles. The van der Waals surface area contributed by atoms with Gasteiger partial charge in [0.05, 0.1) is 17.1 Å². The van der Waals surface area contributed by atoms with Crippen molar-refractivity contribution < 1.29 is 9.18 Å². The van der Waals surface area contributed by atoms with Gasteiger partial charge >= 0.3 is 5.69 Å². The molecule has 3 aromatic heterocycles. The van der Waals surface area contributed by atoms with Crippen molar-refractivity contribution in [2.24, 2.45) is 0 Å². The first-order chi connectivity index (χ1) is 15.5. The van der Waals surface area contributed by atoms with Crippen LogP contribution in [-0.4, -0.2) is 24.8 Å². The third kappa shape index (κ3) is 3.32. The summed E-state index contributed by atoms with van der Waals surface area (Å²) >= 11 is 1.48. The van der Waals surface area contributed by atoms with Gasteiger partial charge < -0.3 is 10.3 Å². The van der Waals surface area contributed by atoms with Gasteiger partial charge in [0.15, 0.2) is 4.96 Å². The third-order valence-electron chi connectivity index (χ3n) is 4.86. The number of H-pyrrole nitrogens is 1. The zero-order chi connectivity index (χ0) is 22.2. The van der Waals surface area contributed by atoms with Gasteiger partial charge in [-0.05, 0) is 18.2 Å². The predicted octanol–water partition coefficient (Wildman–Crippen LogP) is 3.29. The van der Waals surface area contributed by atoms with Gasteiger partial charge in [-0.1, -0.05) is 30.3 Å². The zero-order valence-corrected chi connectivity index (χ0v) is 17.1. The van der Waals surface area contributed by atoms with Gasteiger partial charge in [-0.2, -0.15) is 0 Å². The van der Waals surface area contributed by atoms with Gasteiger partial charge in [0, 0.05) is 29.5 Å². The first-order valence-electron chi connectivity index (χ1n) is 9.45. The maximum atomic E-state index is 14.2. The number of amides is 1. The molecule has 0 saturated carbocycles. The van der Waals surface area contributed by atoms with E-state index >= 15 is 0 Å². The molecule has 0 saturated heterocycles. The number of nitrogens with zero attached hydrogens (tertiary/aromatic N) is 3. The van der Waals surface area contributed by atoms with Crippen LogP contribution in [0.2, 0.25) is 0 Å². The highest BCUT2D eigenvalue weighted by molar-refractivity contribution is 7.15. The van der Waals surface area contributed by atoms with Crippen molar-refractivity contribution in [3.8, 4) is 16.9 Å². The van der Waals surface area contributed by atoms with Gasteiger partial charge in [-0.3, -0.25) is 14.0 Å². The van der Waals surface area contributed by atoms with E-state index in [4.69, 9.17) is 0 Å². The minimum absolute atomic E-state index is 0.244. The molecule has 0 atom stereocenters. The maximum absolute atomic E-state index is 14.2. The van der Waals surface area contributed by atoms with E-state index < -0.39 is 23.0 Å². The first-order valence-corrected chi connectivity index (χ1v) is 10.3. The molecule has 2 aromatic carbocycles. The molecule has 2 N–H and O–H groups in total. The number of halogens is 1. The number of aromatic amines is 1. The van der Waals surface area contributed by atoms with Gasteiger partial charge in [0.1, 0.15) is 11.4 Å². The number of carbonyl (C=O) groups excluding carboxylic acids is 1. The number of anilines is 1. The van der Waals surface area contributed by atoms with E-state index in [2.05, 4.69) is 15.3 Å². The number of benzene rings is 2. The number of para-hydroxylation sites is 2. The fourth-order valence-electron chi connectivity index (χ4n) is 3.35. The Balaban J connectivity index is 1.54. The Hall–Kier alpha value is -4.31. The molecule has 5 aromatic rings. The second-order valence-electron chi connectivity index (χ2n) is 6.82. The fourth-order valence-corrected chi connectivity index (χ4v) is 4.05. The lowest BCUT2D eigenvalue weighted by Crippen LogP contribution is -2.38. The molecule has 0 radical (unpaired) electrons. The Morgan fingerprint density at radius 3 is 2.69 bits per heavy atom. The molecule has 5 rings (SSSR count). The Kier molecular flexibility index (Phi) is 4.75. The summed E-state index contributed by atoms with van der Waals surface area (Å²) in [6.07, 6.45) is 4.73. The van der Waals surface area contributed by atoms with Crippen LogP contribution in [0.3, 0.4) is 0 Å². The van der Waals surface area contributed by atoms with Gasteiger partial charge in [0.2, 0.25) is 0 Å². The molecule has 0 bridgehead atoms. The monoisotopic (exact) mass is 447 g/mol. The van der Waals surface area contributed by atoms with Crippen LogP contribution >= 0.6 is 11.3 Å². The highest BCUT2D eigenvalue weighted by Gasteiger charge is 2.19. The fraction of sp³-hybridized carbons (Fsp3) is 0. The molecule has 8 nitrogen and oxygen atoms in total. The summed E-state index contributed by atoms with van der Waals surface area (Å²) in [6, 6.07) is 12.4. The largest absolute Gasteiger partial charge is 0.333 e. The lowest BCUT2D eigenvalue weighted by Gasteiger charge is -2.11. The topological polar surface area (TPSA) is 101 Å². The number of hydrogen-bond acceptors (Lipinski definition) is 5. The second-order valence-corrected chi connectivity index (χ2v) is 7.69. The molecule has 0 aliphatic heterocycles. The van der Waals surface area contributed by atoms with E-state index in [1.807, 2.05) is 28.2 Å². The molecule has 32 heavy (non-hydrogen) atoms. The molecule has 1 amide bonds. The average Bonchev–Trinajstić information content (AvgIpc) is 3.38. The van der Waals surface area contributed by atoms with Crippen LogP contribution in [0.1, 0.15) is 10.4 Å². The predicted molar refractivity (Wildman–Crippen MR) is 119 cm³/mol. The highest BCUT2D eigenvalue weighted by atomic mass is 32.1. The lowest BCUT2D eigenvalue weighted by molar-refractivity contribution is 0.102. The van der Waals surface area contributed by atoms with Gasteiger partial charge in [-0.25, -0.2) is 18.7 Å². The quantitative estimate of drug-likeness (QED) is 0.441. The summed E-state index contributed by atoms with van der Waals surface area (Å²) in [5.74, 6) is -1.51. The molecule has 0 aliphatic rings. The molecular weight excluding hydrogens is 433 g/mol. The van der Waals surface area contributed by atoms with Crippen LogP contribution in [-0.2, 0) is 0 Å². The van der Waals surface area contributed by atoms with Crippen molar-refractivity contribution in [1.29, 1.82) is 0 Å². The molecule has 158 valence electrons. The molecule has 0 aliphatic carbocycles. The number of nitrogens with one attached hydrogen (secondary N) is 2. The van der Waals surface area contributed by atoms with Gasteiger partial charge in [-0.15, -0.1) is 11.3 Å². The van der Waals surface area contributed by atoms with E-state index in [9.17, 15) is 18.8 Å². The Morgan fingerprint density at radius 1 is 1.09 bits per heavy atom. The number of imidazole rings is 1. The van der Waals surface area contributed by atoms with Crippen molar-refractivity contribution in [3.05, 3.63) is 105 Å². The summed E-state index contributed by atoms with van der Waals surface area (Å²) in [4.78, 5) is 45.8. The maximum Gasteiger partial charge on any atom is 0.333 e. The first kappa shape index (κ1) is 19.6. The van der Waals surface area contributed by atoms with Crippen molar-refractivity contribution >= 4 is 27.9 Å². The van der Waals surface area contributed by atoms with Crippen LogP contribution in [0, 0.1) is 5.82 Å². The average molecular weight is 447 g/mol. The number of carbonyl (C=O) groups is 1. The summed E-state index contributed by atoms with van der Waals surface area (Å²) in [5.41, 5.74) is -0.619. The Bertz CT molecular complexity index is 1570. The standard InChI is InChI=1S/C22H14FN5O3S/c23-15-6-2-4-8-18(15)28-20(30)14(11-24-21(28)31)19(29)25-16-7-3-1-5-13(16)17-12-27-9-10-32-22(27)26-17/h1-12H,(H,24,31)(H,25,29). The lowest BCUT2D eigenvalue weighted by atomic mass is 10.1. The molecule has 0 unspecified atom stereocenters. The van der Waals surface area contributed by atoms with Crippen molar-refractivity contribution in [2.45, 2.75) is 0 Å². The normalized spacial score (nSPS) is 11.0. The van der Waals surface area contributed by atoms with Crippen molar-refractivity contribution in [1.82, 2.24) is 18.9 Å². The SMILES string of the molecule is O=C(Nc1ccccc1-c1cn2ccsc2n1)c1c[nH]c(=O)n(-c2ccccc2F)c1=O. The molecule has 10 heteroatoms. The third-order valence-corrected chi connectivity index (χ3v) is 5.63. The minimum Gasteiger partial charge on any atom is -0.321 e. The van der Waals surface area contributed by atoms with Crippen LogP contribution in [0.25, 0.3) is 21.9 Å². The second kappa shape index (κ2) is 7.75. The van der Waals surface area contributed by atoms with Gasteiger partial charge in [0.25, 0.3) is 11.5 Å². The molecular formula is C22H14FN5O3S. The Morgan fingerprint density at radius 2 is 1.88 bits per heavy atom. The summed E-state index contributed by atoms with van der Waals surface area (Å²) < 4.78 is 16.7. The molecule has 0 fully saturated rings. The van der Waals surface area contributed by atoms with E-state index in [1.165, 1.54) is 29.5 Å². The number of fused-ring (bicyclic) bond motifs is 1. The van der Waals surface area contributed by atoms with Crippen LogP contribution in [0.5, 0.6) is 0 Å². The van der Waals surface area contributed by atoms with Crippen molar-refractivity contribution in [2.75, 3.05) is 5.32 Å². The van der Waals surface area contributed by atoms with E-state index in [0.29, 0.717) is 21.5 Å². The van der Waals surface area contributed by atoms with Crippen LogP contribution < -0.4 is 16.6 Å². The number of thiazole rings is 1. The van der Waals surface area contributed by atoms with Crippen molar-refractivity contribution in [3.63, 3.8) is 0 Å². The summed E-state index contributed by atoms with van der Waals surface area (Å²) in [5, 5.41) is 4.61.